The van der Waals surface area contributed by atoms with E-state index < -0.39 is 0 Å². The quantitative estimate of drug-likeness (QED) is 0.775. The Hall–Kier alpha value is -0.940. The second kappa shape index (κ2) is 6.44. The fraction of sp³-hybridized carbons (Fsp3) is 0.750. The number of esters is 1. The first-order valence-corrected chi connectivity index (χ1v) is 8.47. The van der Waals surface area contributed by atoms with Gasteiger partial charge in [0.05, 0.1) is 12.3 Å². The van der Waals surface area contributed by atoms with Gasteiger partial charge >= 0.3 is 5.97 Å². The van der Waals surface area contributed by atoms with Crippen molar-refractivity contribution in [1.29, 1.82) is 0 Å². The summed E-state index contributed by atoms with van der Waals surface area (Å²) in [4.78, 5) is 18.0. The van der Waals surface area contributed by atoms with Crippen LogP contribution in [0.5, 0.6) is 0 Å². The van der Waals surface area contributed by atoms with Crippen molar-refractivity contribution in [2.75, 3.05) is 13.2 Å². The smallest absolute Gasteiger partial charge is 0.315 e. The summed E-state index contributed by atoms with van der Waals surface area (Å²) in [6.07, 6.45) is 1.71. The van der Waals surface area contributed by atoms with E-state index in [1.54, 1.807) is 11.3 Å². The van der Waals surface area contributed by atoms with Crippen molar-refractivity contribution in [3.63, 3.8) is 0 Å². The molecule has 1 aliphatic rings. The maximum absolute atomic E-state index is 12.0. The molecule has 0 radical (unpaired) electrons. The van der Waals surface area contributed by atoms with Crippen LogP contribution in [0.2, 0.25) is 0 Å². The van der Waals surface area contributed by atoms with E-state index >= 15 is 0 Å². The van der Waals surface area contributed by atoms with Gasteiger partial charge in [-0.1, -0.05) is 20.8 Å². The molecule has 0 aromatic carbocycles. The molecule has 1 aromatic heterocycles. The van der Waals surface area contributed by atoms with E-state index in [-0.39, 0.29) is 23.4 Å². The van der Waals surface area contributed by atoms with Crippen LogP contribution in [0, 0.1) is 5.41 Å². The minimum absolute atomic E-state index is 0.0129. The van der Waals surface area contributed by atoms with Gasteiger partial charge in [-0.3, -0.25) is 4.79 Å². The summed E-state index contributed by atoms with van der Waals surface area (Å²) < 4.78 is 11.1. The van der Waals surface area contributed by atoms with Gasteiger partial charge in [-0.05, 0) is 32.1 Å². The van der Waals surface area contributed by atoms with Gasteiger partial charge < -0.3 is 9.47 Å². The Balaban J connectivity index is 2.26. The third-order valence-corrected chi connectivity index (χ3v) is 4.82. The Kier molecular flexibility index (Phi) is 5.04. The number of hydrogen-bond acceptors (Lipinski definition) is 5. The van der Waals surface area contributed by atoms with Crippen molar-refractivity contribution in [2.24, 2.45) is 5.41 Å². The molecule has 5 heteroatoms. The summed E-state index contributed by atoms with van der Waals surface area (Å²) in [6, 6.07) is 0. The highest BCUT2D eigenvalue weighted by molar-refractivity contribution is 7.11. The van der Waals surface area contributed by atoms with Crippen LogP contribution in [-0.2, 0) is 20.7 Å². The molecule has 0 saturated carbocycles. The number of ether oxygens (including phenoxy) is 2. The van der Waals surface area contributed by atoms with Gasteiger partial charge in [0.1, 0.15) is 17.0 Å². The Bertz CT molecular complexity index is 504. The van der Waals surface area contributed by atoms with Crippen LogP contribution in [-0.4, -0.2) is 24.2 Å². The van der Waals surface area contributed by atoms with E-state index in [9.17, 15) is 4.79 Å². The van der Waals surface area contributed by atoms with Gasteiger partial charge in [-0.2, -0.15) is 0 Å². The molecule has 1 aromatic rings. The third-order valence-electron chi connectivity index (χ3n) is 3.65. The van der Waals surface area contributed by atoms with E-state index in [4.69, 9.17) is 14.5 Å². The monoisotopic (exact) mass is 311 g/mol. The van der Waals surface area contributed by atoms with Crippen molar-refractivity contribution < 1.29 is 14.3 Å². The van der Waals surface area contributed by atoms with Crippen LogP contribution in [0.1, 0.15) is 68.6 Å². The molecular weight excluding hydrogens is 286 g/mol. The molecule has 118 valence electrons. The van der Waals surface area contributed by atoms with Crippen LogP contribution in [0.3, 0.4) is 0 Å². The number of fused-ring (bicyclic) bond motifs is 1. The number of aryl methyl sites for hydroxylation is 1. The SMILES string of the molecule is CCOC(=O)C1CCc2sc(C(OCC)C(C)(C)C)nc21. The highest BCUT2D eigenvalue weighted by atomic mass is 32.1. The molecule has 2 unspecified atom stereocenters. The van der Waals surface area contributed by atoms with E-state index in [2.05, 4.69) is 20.8 Å². The summed E-state index contributed by atoms with van der Waals surface area (Å²) in [5, 5.41) is 0.989. The zero-order valence-corrected chi connectivity index (χ0v) is 14.4. The van der Waals surface area contributed by atoms with E-state index in [1.807, 2.05) is 13.8 Å². The van der Waals surface area contributed by atoms with Crippen molar-refractivity contribution in [3.05, 3.63) is 15.6 Å². The molecule has 2 atom stereocenters. The van der Waals surface area contributed by atoms with E-state index in [1.165, 1.54) is 4.88 Å². The second-order valence-corrected chi connectivity index (χ2v) is 7.52. The van der Waals surface area contributed by atoms with Crippen LogP contribution in [0.4, 0.5) is 0 Å². The number of carbonyl (C=O) groups is 1. The second-order valence-electron chi connectivity index (χ2n) is 6.41. The van der Waals surface area contributed by atoms with Crippen LogP contribution in [0.15, 0.2) is 0 Å². The lowest BCUT2D eigenvalue weighted by atomic mass is 9.89. The number of carbonyl (C=O) groups excluding carboxylic acids is 1. The minimum atomic E-state index is -0.188. The van der Waals surface area contributed by atoms with E-state index in [0.717, 1.165) is 23.5 Å². The first-order valence-electron chi connectivity index (χ1n) is 7.66. The van der Waals surface area contributed by atoms with Crippen molar-refractivity contribution >= 4 is 17.3 Å². The van der Waals surface area contributed by atoms with Crippen LogP contribution in [0.25, 0.3) is 0 Å². The zero-order chi connectivity index (χ0) is 15.6. The number of nitrogens with zero attached hydrogens (tertiary/aromatic N) is 1. The zero-order valence-electron chi connectivity index (χ0n) is 13.6. The molecule has 0 fully saturated rings. The van der Waals surface area contributed by atoms with E-state index in [0.29, 0.717) is 13.2 Å². The molecule has 0 amide bonds. The molecule has 0 aliphatic heterocycles. The number of hydrogen-bond donors (Lipinski definition) is 0. The molecule has 0 spiro atoms. The molecule has 0 N–H and O–H groups in total. The standard InChI is InChI=1S/C16H25NO3S/c1-6-19-13(16(3,4)5)14-17-12-10(15(18)20-7-2)8-9-11(12)21-14/h10,13H,6-9H2,1-5H3. The lowest BCUT2D eigenvalue weighted by molar-refractivity contribution is -0.145. The van der Waals surface area contributed by atoms with Crippen molar-refractivity contribution in [3.8, 4) is 0 Å². The Morgan fingerprint density at radius 1 is 1.38 bits per heavy atom. The average molecular weight is 311 g/mol. The van der Waals surface area contributed by atoms with Crippen molar-refractivity contribution in [2.45, 2.75) is 59.5 Å². The maximum atomic E-state index is 12.0. The summed E-state index contributed by atoms with van der Waals surface area (Å²) in [7, 11) is 0. The Morgan fingerprint density at radius 3 is 2.67 bits per heavy atom. The molecule has 4 nitrogen and oxygen atoms in total. The van der Waals surface area contributed by atoms with Gasteiger partial charge in [0.2, 0.25) is 0 Å². The topological polar surface area (TPSA) is 48.4 Å². The largest absolute Gasteiger partial charge is 0.465 e. The molecule has 1 aliphatic carbocycles. The van der Waals surface area contributed by atoms with Gasteiger partial charge in [-0.15, -0.1) is 11.3 Å². The number of aromatic nitrogens is 1. The lowest BCUT2D eigenvalue weighted by Crippen LogP contribution is -2.22. The summed E-state index contributed by atoms with van der Waals surface area (Å²) >= 11 is 1.69. The lowest BCUT2D eigenvalue weighted by Gasteiger charge is -2.28. The molecule has 2 rings (SSSR count). The van der Waals surface area contributed by atoms with Gasteiger partial charge in [-0.25, -0.2) is 4.98 Å². The number of rotatable bonds is 5. The molecule has 0 saturated heterocycles. The van der Waals surface area contributed by atoms with Gasteiger partial charge in [0, 0.05) is 11.5 Å². The number of thiazole rings is 1. The first-order chi connectivity index (χ1) is 9.88. The summed E-state index contributed by atoms with van der Waals surface area (Å²) in [6.45, 7) is 11.4. The molecular formula is C16H25NO3S. The molecule has 0 bridgehead atoms. The maximum Gasteiger partial charge on any atom is 0.315 e. The third kappa shape index (κ3) is 3.46. The Morgan fingerprint density at radius 2 is 2.10 bits per heavy atom. The molecule has 1 heterocycles. The Labute approximate surface area is 130 Å². The van der Waals surface area contributed by atoms with Crippen LogP contribution < -0.4 is 0 Å². The predicted octanol–water partition coefficient (Wildman–Crippen LogP) is 3.86. The summed E-state index contributed by atoms with van der Waals surface area (Å²) in [5.74, 6) is -0.330. The van der Waals surface area contributed by atoms with Crippen LogP contribution >= 0.6 is 11.3 Å². The predicted molar refractivity (Wildman–Crippen MR) is 83.6 cm³/mol. The van der Waals surface area contributed by atoms with Gasteiger partial charge in [0.25, 0.3) is 0 Å². The first kappa shape index (κ1) is 16.4. The summed E-state index contributed by atoms with van der Waals surface area (Å²) in [5.41, 5.74) is 0.906. The average Bonchev–Trinajstić information content (AvgIpc) is 2.93. The fourth-order valence-corrected chi connectivity index (χ4v) is 4.13. The fourth-order valence-electron chi connectivity index (χ4n) is 2.69. The van der Waals surface area contributed by atoms with Crippen molar-refractivity contribution in [1.82, 2.24) is 4.98 Å². The highest BCUT2D eigenvalue weighted by Gasteiger charge is 2.37. The molecule has 21 heavy (non-hydrogen) atoms. The normalized spacial score (nSPS) is 19.4. The van der Waals surface area contributed by atoms with Gasteiger partial charge in [0.15, 0.2) is 0 Å². The highest BCUT2D eigenvalue weighted by Crippen LogP contribution is 2.43. The minimum Gasteiger partial charge on any atom is -0.465 e.